The number of aromatic nitrogens is 1. The van der Waals surface area contributed by atoms with Gasteiger partial charge in [0.1, 0.15) is 12.3 Å². The molecular weight excluding hydrogens is 521 g/mol. The number of hydrogen-bond donors (Lipinski definition) is 1. The maximum atomic E-state index is 13.1. The van der Waals surface area contributed by atoms with Crippen LogP contribution in [0.3, 0.4) is 0 Å². The second kappa shape index (κ2) is 10.3. The van der Waals surface area contributed by atoms with Crippen LogP contribution in [0.1, 0.15) is 16.9 Å². The van der Waals surface area contributed by atoms with E-state index in [2.05, 4.69) is 5.32 Å². The predicted molar refractivity (Wildman–Crippen MR) is 140 cm³/mol. The molecule has 3 amide bonds. The number of fused-ring (bicyclic) bond motifs is 1. The molecule has 1 saturated heterocycles. The quantitative estimate of drug-likeness (QED) is 0.287. The monoisotopic (exact) mass is 539 g/mol. The van der Waals surface area contributed by atoms with Gasteiger partial charge in [0.2, 0.25) is 5.91 Å². The molecule has 36 heavy (non-hydrogen) atoms. The normalized spacial score (nSPS) is 14.8. The fraction of sp³-hybridized carbons (Fsp3) is 0.115. The number of amides is 3. The molecule has 1 aliphatic rings. The Kier molecular flexibility index (Phi) is 6.91. The van der Waals surface area contributed by atoms with Gasteiger partial charge in [-0.05, 0) is 53.7 Å². The lowest BCUT2D eigenvalue weighted by atomic mass is 10.1. The lowest BCUT2D eigenvalue weighted by Gasteiger charge is -2.12. The summed E-state index contributed by atoms with van der Waals surface area (Å²) in [7, 11) is 0. The first kappa shape index (κ1) is 24.2. The van der Waals surface area contributed by atoms with Gasteiger partial charge in [0.15, 0.2) is 0 Å². The van der Waals surface area contributed by atoms with Gasteiger partial charge in [-0.3, -0.25) is 19.3 Å². The zero-order valence-electron chi connectivity index (χ0n) is 18.7. The van der Waals surface area contributed by atoms with Crippen molar-refractivity contribution in [1.82, 2.24) is 14.8 Å². The highest BCUT2D eigenvalue weighted by Crippen LogP contribution is 2.35. The number of rotatable bonds is 7. The summed E-state index contributed by atoms with van der Waals surface area (Å²) in [5.74, 6) is 0.0998. The summed E-state index contributed by atoms with van der Waals surface area (Å²) >= 11 is 12.9. The number of furan rings is 1. The smallest absolute Gasteiger partial charge is 0.293 e. The summed E-state index contributed by atoms with van der Waals surface area (Å²) in [6.45, 7) is 0.480. The van der Waals surface area contributed by atoms with Crippen molar-refractivity contribution in [1.29, 1.82) is 0 Å². The molecule has 1 N–H and O–H groups in total. The highest BCUT2D eigenvalue weighted by molar-refractivity contribution is 8.18. The lowest BCUT2D eigenvalue weighted by molar-refractivity contribution is -0.123. The second-order valence-electron chi connectivity index (χ2n) is 8.10. The minimum absolute atomic E-state index is 0.0911. The van der Waals surface area contributed by atoms with Gasteiger partial charge >= 0.3 is 0 Å². The third-order valence-corrected chi connectivity index (χ3v) is 7.30. The third kappa shape index (κ3) is 5.06. The van der Waals surface area contributed by atoms with Crippen molar-refractivity contribution in [3.63, 3.8) is 0 Å². The van der Waals surface area contributed by atoms with E-state index in [-0.39, 0.29) is 30.1 Å². The molecule has 0 aliphatic carbocycles. The number of imide groups is 1. The van der Waals surface area contributed by atoms with Crippen molar-refractivity contribution in [3.05, 3.63) is 98.9 Å². The third-order valence-electron chi connectivity index (χ3n) is 5.66. The van der Waals surface area contributed by atoms with Crippen molar-refractivity contribution in [3.8, 4) is 0 Å². The number of carbonyl (C=O) groups excluding carboxylic acids is 3. The van der Waals surface area contributed by atoms with Gasteiger partial charge in [-0.15, -0.1) is 0 Å². The fourth-order valence-corrected chi connectivity index (χ4v) is 5.08. The van der Waals surface area contributed by atoms with Gasteiger partial charge in [0, 0.05) is 22.7 Å². The van der Waals surface area contributed by atoms with E-state index in [0.717, 1.165) is 28.2 Å². The van der Waals surface area contributed by atoms with Crippen molar-refractivity contribution < 1.29 is 18.8 Å². The Bertz CT molecular complexity index is 1510. The summed E-state index contributed by atoms with van der Waals surface area (Å²) in [5.41, 5.74) is 2.28. The summed E-state index contributed by atoms with van der Waals surface area (Å²) in [4.78, 5) is 39.7. The molecule has 10 heteroatoms. The molecule has 0 bridgehead atoms. The predicted octanol–water partition coefficient (Wildman–Crippen LogP) is 6.09. The van der Waals surface area contributed by atoms with Crippen LogP contribution in [-0.2, 0) is 29.2 Å². The number of thioether (sulfide) groups is 1. The Labute approximate surface area is 220 Å². The topological polar surface area (TPSA) is 84.5 Å². The van der Waals surface area contributed by atoms with Crippen LogP contribution in [-0.4, -0.2) is 26.5 Å². The SMILES string of the molecule is O=C(Cn1cc(/C=C2\SC(=O)N(Cc3ccc(Cl)c(Cl)c3)C2=O)c2ccccc21)NCc1ccco1. The Morgan fingerprint density at radius 2 is 1.89 bits per heavy atom. The van der Waals surface area contributed by atoms with Crippen LogP contribution in [0.4, 0.5) is 4.79 Å². The van der Waals surface area contributed by atoms with Crippen LogP contribution >= 0.6 is 35.0 Å². The van der Waals surface area contributed by atoms with Gasteiger partial charge in [-0.25, -0.2) is 0 Å². The number of nitrogens with one attached hydrogen (secondary N) is 1. The molecular formula is C26H19Cl2N3O4S. The molecule has 7 nitrogen and oxygen atoms in total. The molecule has 4 aromatic rings. The first-order valence-corrected chi connectivity index (χ1v) is 12.5. The van der Waals surface area contributed by atoms with Crippen LogP contribution in [0.25, 0.3) is 17.0 Å². The van der Waals surface area contributed by atoms with E-state index < -0.39 is 0 Å². The molecule has 0 saturated carbocycles. The van der Waals surface area contributed by atoms with Gasteiger partial charge < -0.3 is 14.3 Å². The van der Waals surface area contributed by atoms with E-state index in [0.29, 0.717) is 32.8 Å². The molecule has 5 rings (SSSR count). The fourth-order valence-electron chi connectivity index (χ4n) is 3.93. The second-order valence-corrected chi connectivity index (χ2v) is 9.91. The van der Waals surface area contributed by atoms with Crippen LogP contribution in [0, 0.1) is 0 Å². The molecule has 2 aromatic heterocycles. The zero-order valence-corrected chi connectivity index (χ0v) is 21.1. The molecule has 0 atom stereocenters. The summed E-state index contributed by atoms with van der Waals surface area (Å²) in [6.07, 6.45) is 5.06. The van der Waals surface area contributed by atoms with E-state index >= 15 is 0 Å². The summed E-state index contributed by atoms with van der Waals surface area (Å²) in [5, 5.41) is 4.10. The maximum absolute atomic E-state index is 13.1. The van der Waals surface area contributed by atoms with Crippen LogP contribution in [0.15, 0.2) is 76.4 Å². The minimum atomic E-state index is -0.385. The van der Waals surface area contributed by atoms with Crippen LogP contribution in [0.2, 0.25) is 10.0 Å². The largest absolute Gasteiger partial charge is 0.467 e. The van der Waals surface area contributed by atoms with Gasteiger partial charge in [-0.1, -0.05) is 47.5 Å². The van der Waals surface area contributed by atoms with Gasteiger partial charge in [-0.2, -0.15) is 0 Å². The highest BCUT2D eigenvalue weighted by atomic mass is 35.5. The minimum Gasteiger partial charge on any atom is -0.467 e. The molecule has 0 unspecified atom stereocenters. The van der Waals surface area contributed by atoms with Crippen LogP contribution in [0.5, 0.6) is 0 Å². The van der Waals surface area contributed by atoms with Crippen molar-refractivity contribution >= 4 is 69.0 Å². The summed E-state index contributed by atoms with van der Waals surface area (Å²) in [6, 6.07) is 16.1. The van der Waals surface area contributed by atoms with Crippen molar-refractivity contribution in [2.75, 3.05) is 0 Å². The number of nitrogens with zero attached hydrogens (tertiary/aromatic N) is 2. The highest BCUT2D eigenvalue weighted by Gasteiger charge is 2.35. The average Bonchev–Trinajstić information content (AvgIpc) is 3.57. The first-order chi connectivity index (χ1) is 17.4. The lowest BCUT2D eigenvalue weighted by Crippen LogP contribution is -2.27. The van der Waals surface area contributed by atoms with E-state index in [9.17, 15) is 14.4 Å². The number of carbonyl (C=O) groups is 3. The van der Waals surface area contributed by atoms with Gasteiger partial charge in [0.05, 0.1) is 34.3 Å². The Hall–Kier alpha value is -3.46. The number of benzene rings is 2. The molecule has 182 valence electrons. The molecule has 1 fully saturated rings. The molecule has 3 heterocycles. The molecule has 0 radical (unpaired) electrons. The van der Waals surface area contributed by atoms with Crippen molar-refractivity contribution in [2.45, 2.75) is 19.6 Å². The molecule has 0 spiro atoms. The van der Waals surface area contributed by atoms with Gasteiger partial charge in [0.25, 0.3) is 11.1 Å². The molecule has 2 aromatic carbocycles. The Balaban J connectivity index is 1.36. The number of hydrogen-bond acceptors (Lipinski definition) is 5. The van der Waals surface area contributed by atoms with E-state index in [4.69, 9.17) is 27.6 Å². The van der Waals surface area contributed by atoms with E-state index in [1.54, 1.807) is 42.7 Å². The standard InChI is InChI=1S/C26H19Cl2N3O4S/c27-20-8-7-16(10-21(20)28)13-31-25(33)23(36-26(31)34)11-17-14-30(22-6-2-1-5-19(17)22)15-24(32)29-12-18-4-3-9-35-18/h1-11,14H,12-13,15H2,(H,29,32)/b23-11-. The van der Waals surface area contributed by atoms with Crippen LogP contribution < -0.4 is 5.32 Å². The molecule has 1 aliphatic heterocycles. The average molecular weight is 540 g/mol. The first-order valence-electron chi connectivity index (χ1n) is 11.0. The summed E-state index contributed by atoms with van der Waals surface area (Å²) < 4.78 is 7.07. The Morgan fingerprint density at radius 3 is 2.67 bits per heavy atom. The number of halogens is 2. The van der Waals surface area contributed by atoms with Crippen molar-refractivity contribution in [2.24, 2.45) is 0 Å². The van der Waals surface area contributed by atoms with E-state index in [1.165, 1.54) is 4.90 Å². The maximum Gasteiger partial charge on any atom is 0.293 e. The zero-order chi connectivity index (χ0) is 25.2. The number of para-hydroxylation sites is 1. The Morgan fingerprint density at radius 1 is 1.06 bits per heavy atom. The van der Waals surface area contributed by atoms with E-state index in [1.807, 2.05) is 35.0 Å².